The van der Waals surface area contributed by atoms with Crippen molar-refractivity contribution in [2.75, 3.05) is 46.4 Å². The number of thiophene rings is 1. The van der Waals surface area contributed by atoms with Crippen LogP contribution in [0.4, 0.5) is 0 Å². The van der Waals surface area contributed by atoms with Gasteiger partial charge >= 0.3 is 0 Å². The van der Waals surface area contributed by atoms with Crippen LogP contribution in [0.15, 0.2) is 16.4 Å². The number of nitrogens with zero attached hydrogens (tertiary/aromatic N) is 2. The molecule has 0 atom stereocenters. The van der Waals surface area contributed by atoms with Crippen LogP contribution < -0.4 is 10.6 Å². The summed E-state index contributed by atoms with van der Waals surface area (Å²) in [6, 6.07) is 2.28. The standard InChI is InChI=1S/C20H34N4OS.HI/c1-3-21-19(23-16-20(7-4-8-20)9-13-25-2)22-10-12-24-11-5-18-17(15-24)6-14-26-18;/h6,14H,3-5,7-13,15-16H2,1-2H3,(H2,21,22,23);1H. The largest absolute Gasteiger partial charge is 0.385 e. The maximum atomic E-state index is 5.29. The van der Waals surface area contributed by atoms with E-state index in [1.54, 1.807) is 12.0 Å². The number of guanidine groups is 1. The second-order valence-electron chi connectivity index (χ2n) is 7.61. The molecule has 0 saturated heterocycles. The van der Waals surface area contributed by atoms with Crippen molar-refractivity contribution in [2.24, 2.45) is 10.4 Å². The molecule has 1 aromatic rings. The van der Waals surface area contributed by atoms with Crippen LogP contribution in [-0.2, 0) is 17.7 Å². The van der Waals surface area contributed by atoms with E-state index in [0.717, 1.165) is 51.7 Å². The zero-order chi connectivity index (χ0) is 18.2. The number of aliphatic imine (C=N–C) groups is 1. The first-order valence-corrected chi connectivity index (χ1v) is 10.9. The first-order valence-electron chi connectivity index (χ1n) is 10.0. The minimum absolute atomic E-state index is 0. The van der Waals surface area contributed by atoms with Gasteiger partial charge in [0.15, 0.2) is 5.96 Å². The number of hydrogen-bond acceptors (Lipinski definition) is 4. The third kappa shape index (κ3) is 6.58. The van der Waals surface area contributed by atoms with E-state index in [2.05, 4.69) is 33.9 Å². The first-order chi connectivity index (χ1) is 12.7. The van der Waals surface area contributed by atoms with Crippen molar-refractivity contribution in [1.82, 2.24) is 15.5 Å². The van der Waals surface area contributed by atoms with E-state index in [4.69, 9.17) is 9.73 Å². The molecule has 0 spiro atoms. The van der Waals surface area contributed by atoms with Crippen molar-refractivity contribution in [1.29, 1.82) is 0 Å². The Morgan fingerprint density at radius 1 is 1.37 bits per heavy atom. The predicted molar refractivity (Wildman–Crippen MR) is 125 cm³/mol. The molecule has 0 aromatic carbocycles. The predicted octanol–water partition coefficient (Wildman–Crippen LogP) is 3.49. The number of fused-ring (bicyclic) bond motifs is 1. The van der Waals surface area contributed by atoms with Crippen molar-refractivity contribution in [3.05, 3.63) is 21.9 Å². The Balaban J connectivity index is 0.00000261. The number of methoxy groups -OCH3 is 1. The smallest absolute Gasteiger partial charge is 0.191 e. The summed E-state index contributed by atoms with van der Waals surface area (Å²) in [5.74, 6) is 0.962. The van der Waals surface area contributed by atoms with E-state index in [1.165, 1.54) is 37.8 Å². The third-order valence-electron chi connectivity index (χ3n) is 5.77. The van der Waals surface area contributed by atoms with Gasteiger partial charge in [0.25, 0.3) is 0 Å². The summed E-state index contributed by atoms with van der Waals surface area (Å²) >= 11 is 1.90. The molecule has 1 saturated carbocycles. The highest BCUT2D eigenvalue weighted by atomic mass is 127. The average molecular weight is 506 g/mol. The Hall–Kier alpha value is -0.380. The Morgan fingerprint density at radius 2 is 2.22 bits per heavy atom. The fraction of sp³-hybridized carbons (Fsp3) is 0.750. The average Bonchev–Trinajstić information content (AvgIpc) is 3.08. The minimum atomic E-state index is 0. The van der Waals surface area contributed by atoms with Crippen LogP contribution in [0.5, 0.6) is 0 Å². The summed E-state index contributed by atoms with van der Waals surface area (Å²) in [5, 5.41) is 9.16. The molecule has 5 nitrogen and oxygen atoms in total. The van der Waals surface area contributed by atoms with Crippen LogP contribution >= 0.6 is 35.3 Å². The second kappa shape index (κ2) is 11.6. The normalized spacial score (nSPS) is 19.0. The van der Waals surface area contributed by atoms with Crippen molar-refractivity contribution < 1.29 is 4.74 Å². The van der Waals surface area contributed by atoms with Crippen LogP contribution in [0.1, 0.15) is 43.0 Å². The minimum Gasteiger partial charge on any atom is -0.385 e. The summed E-state index contributed by atoms with van der Waals surface area (Å²) in [4.78, 5) is 9.01. The molecule has 1 aliphatic heterocycles. The Kier molecular flexibility index (Phi) is 9.82. The van der Waals surface area contributed by atoms with Gasteiger partial charge in [0.2, 0.25) is 0 Å². The van der Waals surface area contributed by atoms with Crippen LogP contribution in [0, 0.1) is 5.41 Å². The van der Waals surface area contributed by atoms with Gasteiger partial charge in [-0.1, -0.05) is 6.42 Å². The molecule has 1 aromatic heterocycles. The maximum Gasteiger partial charge on any atom is 0.191 e. The lowest BCUT2D eigenvalue weighted by Crippen LogP contribution is -2.43. The molecular weight excluding hydrogens is 471 g/mol. The van der Waals surface area contributed by atoms with E-state index >= 15 is 0 Å². The van der Waals surface area contributed by atoms with Crippen LogP contribution in [-0.4, -0.2) is 57.3 Å². The van der Waals surface area contributed by atoms with Crippen LogP contribution in [0.25, 0.3) is 0 Å². The van der Waals surface area contributed by atoms with E-state index in [1.807, 2.05) is 11.3 Å². The van der Waals surface area contributed by atoms with Gasteiger partial charge in [0, 0.05) is 57.9 Å². The molecule has 0 bridgehead atoms. The molecule has 154 valence electrons. The zero-order valence-corrected chi connectivity index (χ0v) is 19.9. The van der Waals surface area contributed by atoms with Gasteiger partial charge < -0.3 is 15.4 Å². The van der Waals surface area contributed by atoms with Gasteiger partial charge in [0.1, 0.15) is 0 Å². The molecular formula is C20H35IN4OS. The first kappa shape index (κ1) is 22.9. The van der Waals surface area contributed by atoms with Gasteiger partial charge in [-0.2, -0.15) is 0 Å². The van der Waals surface area contributed by atoms with E-state index in [-0.39, 0.29) is 24.0 Å². The summed E-state index contributed by atoms with van der Waals surface area (Å²) in [7, 11) is 1.79. The monoisotopic (exact) mass is 506 g/mol. The Bertz CT molecular complexity index is 588. The Labute approximate surface area is 185 Å². The Morgan fingerprint density at radius 3 is 2.93 bits per heavy atom. The fourth-order valence-electron chi connectivity index (χ4n) is 3.90. The number of ether oxygens (including phenoxy) is 1. The number of rotatable bonds is 9. The molecule has 1 aliphatic carbocycles. The molecule has 2 heterocycles. The molecule has 27 heavy (non-hydrogen) atoms. The number of halogens is 1. The molecule has 7 heteroatoms. The van der Waals surface area contributed by atoms with Gasteiger partial charge in [0.05, 0.1) is 0 Å². The van der Waals surface area contributed by atoms with Gasteiger partial charge in [-0.25, -0.2) is 0 Å². The lowest BCUT2D eigenvalue weighted by molar-refractivity contribution is 0.0778. The summed E-state index contributed by atoms with van der Waals surface area (Å²) in [5.41, 5.74) is 1.90. The van der Waals surface area contributed by atoms with Crippen LogP contribution in [0.3, 0.4) is 0 Å². The van der Waals surface area contributed by atoms with E-state index < -0.39 is 0 Å². The lowest BCUT2D eigenvalue weighted by Gasteiger charge is -2.40. The van der Waals surface area contributed by atoms with Crippen LogP contribution in [0.2, 0.25) is 0 Å². The van der Waals surface area contributed by atoms with E-state index in [0.29, 0.717) is 5.41 Å². The molecule has 1 fully saturated rings. The van der Waals surface area contributed by atoms with E-state index in [9.17, 15) is 0 Å². The molecule has 2 aliphatic rings. The topological polar surface area (TPSA) is 48.9 Å². The number of nitrogens with one attached hydrogen (secondary N) is 2. The highest BCUT2D eigenvalue weighted by molar-refractivity contribution is 14.0. The molecule has 0 radical (unpaired) electrons. The van der Waals surface area contributed by atoms with Crippen molar-refractivity contribution >= 4 is 41.3 Å². The highest BCUT2D eigenvalue weighted by Gasteiger charge is 2.36. The lowest BCUT2D eigenvalue weighted by atomic mass is 9.67. The van der Waals surface area contributed by atoms with Crippen molar-refractivity contribution in [2.45, 2.75) is 45.6 Å². The second-order valence-corrected chi connectivity index (χ2v) is 8.61. The zero-order valence-electron chi connectivity index (χ0n) is 16.8. The quantitative estimate of drug-likeness (QED) is 0.306. The summed E-state index contributed by atoms with van der Waals surface area (Å²) in [6.07, 6.45) is 6.24. The molecule has 0 amide bonds. The van der Waals surface area contributed by atoms with Gasteiger partial charge in [-0.15, -0.1) is 35.3 Å². The van der Waals surface area contributed by atoms with Crippen molar-refractivity contribution in [3.63, 3.8) is 0 Å². The fourth-order valence-corrected chi connectivity index (χ4v) is 4.79. The summed E-state index contributed by atoms with van der Waals surface area (Å²) < 4.78 is 5.29. The molecule has 2 N–H and O–H groups in total. The SMILES string of the molecule is CCNC(=NCC1(CCOC)CCC1)NCCN1CCc2sccc2C1.I. The maximum absolute atomic E-state index is 5.29. The van der Waals surface area contributed by atoms with Crippen molar-refractivity contribution in [3.8, 4) is 0 Å². The highest BCUT2D eigenvalue weighted by Crippen LogP contribution is 2.44. The van der Waals surface area contributed by atoms with Gasteiger partial charge in [-0.3, -0.25) is 9.89 Å². The number of hydrogen-bond donors (Lipinski definition) is 2. The third-order valence-corrected chi connectivity index (χ3v) is 6.80. The summed E-state index contributed by atoms with van der Waals surface area (Å²) in [6.45, 7) is 9.05. The molecule has 0 unspecified atom stereocenters. The molecule has 3 rings (SSSR count). The van der Waals surface area contributed by atoms with Gasteiger partial charge in [-0.05, 0) is 55.0 Å².